The van der Waals surface area contributed by atoms with Crippen LogP contribution in [-0.4, -0.2) is 23.6 Å². The topological polar surface area (TPSA) is 68.0 Å². The molecule has 21 heavy (non-hydrogen) atoms. The standard InChI is InChI=1S/C14H14F3N3O/c15-14(16,17)6-3-7-19-13(21)11-8-20-12(18)10-5-2-1-4-9(10)11/h1-2,4-5,8H,3,6-7H2,(H2,18,20)(H,19,21). The third-order valence-corrected chi connectivity index (χ3v) is 2.99. The second-order valence-corrected chi connectivity index (χ2v) is 4.58. The molecule has 1 heterocycles. The van der Waals surface area contributed by atoms with E-state index in [1.165, 1.54) is 6.20 Å². The monoisotopic (exact) mass is 297 g/mol. The number of hydrogen-bond donors (Lipinski definition) is 2. The van der Waals surface area contributed by atoms with Crippen LogP contribution < -0.4 is 11.1 Å². The number of halogens is 3. The van der Waals surface area contributed by atoms with E-state index in [1.54, 1.807) is 24.3 Å². The fourth-order valence-electron chi connectivity index (χ4n) is 1.98. The van der Waals surface area contributed by atoms with Crippen LogP contribution in [0.1, 0.15) is 23.2 Å². The molecule has 2 aromatic rings. The van der Waals surface area contributed by atoms with Gasteiger partial charge in [0, 0.05) is 24.5 Å². The first-order chi connectivity index (χ1) is 9.88. The number of anilines is 1. The van der Waals surface area contributed by atoms with Crippen LogP contribution in [-0.2, 0) is 0 Å². The fourth-order valence-corrected chi connectivity index (χ4v) is 1.98. The molecule has 7 heteroatoms. The van der Waals surface area contributed by atoms with Crippen LogP contribution in [0.5, 0.6) is 0 Å². The van der Waals surface area contributed by atoms with E-state index >= 15 is 0 Å². The molecule has 0 fully saturated rings. The minimum Gasteiger partial charge on any atom is -0.383 e. The number of amides is 1. The number of nitrogen functional groups attached to an aromatic ring is 1. The first-order valence-corrected chi connectivity index (χ1v) is 6.36. The van der Waals surface area contributed by atoms with Gasteiger partial charge in [-0.25, -0.2) is 4.98 Å². The van der Waals surface area contributed by atoms with Crippen molar-refractivity contribution in [3.8, 4) is 0 Å². The van der Waals surface area contributed by atoms with Gasteiger partial charge in [-0.3, -0.25) is 4.79 Å². The number of carbonyl (C=O) groups excluding carboxylic acids is 1. The Bertz CT molecular complexity index is 655. The van der Waals surface area contributed by atoms with E-state index in [9.17, 15) is 18.0 Å². The van der Waals surface area contributed by atoms with Gasteiger partial charge in [-0.15, -0.1) is 0 Å². The lowest BCUT2D eigenvalue weighted by atomic mass is 10.1. The van der Waals surface area contributed by atoms with Crippen molar-refractivity contribution >= 4 is 22.5 Å². The Hall–Kier alpha value is -2.31. The average Bonchev–Trinajstić information content (AvgIpc) is 2.43. The molecule has 4 nitrogen and oxygen atoms in total. The van der Waals surface area contributed by atoms with Crippen molar-refractivity contribution in [1.82, 2.24) is 10.3 Å². The zero-order chi connectivity index (χ0) is 15.5. The van der Waals surface area contributed by atoms with Crippen LogP contribution in [0.15, 0.2) is 30.5 Å². The van der Waals surface area contributed by atoms with Gasteiger partial charge in [0.25, 0.3) is 5.91 Å². The molecule has 3 N–H and O–H groups in total. The minimum atomic E-state index is -4.21. The maximum atomic E-state index is 12.0. The Labute approximate surface area is 119 Å². The number of nitrogens with one attached hydrogen (secondary N) is 1. The summed E-state index contributed by atoms with van der Waals surface area (Å²) in [6, 6.07) is 6.98. The molecule has 2 rings (SSSR count). The van der Waals surface area contributed by atoms with Gasteiger partial charge < -0.3 is 11.1 Å². The zero-order valence-corrected chi connectivity index (χ0v) is 11.1. The highest BCUT2D eigenvalue weighted by molar-refractivity contribution is 6.08. The molecule has 112 valence electrons. The summed E-state index contributed by atoms with van der Waals surface area (Å²) in [5.74, 6) is -0.153. The van der Waals surface area contributed by atoms with Gasteiger partial charge in [0.15, 0.2) is 0 Å². The van der Waals surface area contributed by atoms with Crippen LogP contribution in [0.25, 0.3) is 10.8 Å². The summed E-state index contributed by atoms with van der Waals surface area (Å²) in [7, 11) is 0. The molecule has 0 spiro atoms. The average molecular weight is 297 g/mol. The van der Waals surface area contributed by atoms with Gasteiger partial charge in [-0.2, -0.15) is 13.2 Å². The number of nitrogens with zero attached hydrogens (tertiary/aromatic N) is 1. The van der Waals surface area contributed by atoms with Gasteiger partial charge in [0.2, 0.25) is 0 Å². The zero-order valence-electron chi connectivity index (χ0n) is 11.1. The Kier molecular flexibility index (Phi) is 4.30. The third kappa shape index (κ3) is 3.84. The number of aromatic nitrogens is 1. The number of rotatable bonds is 4. The van der Waals surface area contributed by atoms with Gasteiger partial charge in [-0.1, -0.05) is 24.3 Å². The molecule has 0 aliphatic heterocycles. The Morgan fingerprint density at radius 2 is 1.90 bits per heavy atom. The Morgan fingerprint density at radius 1 is 1.24 bits per heavy atom. The van der Waals surface area contributed by atoms with Crippen molar-refractivity contribution in [3.63, 3.8) is 0 Å². The smallest absolute Gasteiger partial charge is 0.383 e. The van der Waals surface area contributed by atoms with Gasteiger partial charge in [-0.05, 0) is 11.8 Å². The highest BCUT2D eigenvalue weighted by Gasteiger charge is 2.26. The molecule has 0 unspecified atom stereocenters. The molecule has 0 radical (unpaired) electrons. The number of fused-ring (bicyclic) bond motifs is 1. The van der Waals surface area contributed by atoms with Crippen molar-refractivity contribution in [3.05, 3.63) is 36.0 Å². The molecule has 0 aliphatic carbocycles. The quantitative estimate of drug-likeness (QED) is 0.853. The third-order valence-electron chi connectivity index (χ3n) is 2.99. The van der Waals surface area contributed by atoms with E-state index < -0.39 is 18.5 Å². The number of carbonyl (C=O) groups is 1. The summed E-state index contributed by atoms with van der Waals surface area (Å²) in [5, 5.41) is 3.73. The molecule has 1 aromatic heterocycles. The first kappa shape index (κ1) is 15.1. The van der Waals surface area contributed by atoms with Crippen molar-refractivity contribution < 1.29 is 18.0 Å². The van der Waals surface area contributed by atoms with E-state index in [0.717, 1.165) is 0 Å². The van der Waals surface area contributed by atoms with Crippen molar-refractivity contribution in [2.24, 2.45) is 0 Å². The van der Waals surface area contributed by atoms with E-state index in [2.05, 4.69) is 10.3 Å². The van der Waals surface area contributed by atoms with Crippen molar-refractivity contribution in [2.75, 3.05) is 12.3 Å². The largest absolute Gasteiger partial charge is 0.389 e. The molecule has 0 atom stereocenters. The van der Waals surface area contributed by atoms with E-state index in [0.29, 0.717) is 22.2 Å². The second-order valence-electron chi connectivity index (χ2n) is 4.58. The summed E-state index contributed by atoms with van der Waals surface area (Å²) in [5.41, 5.74) is 6.02. The van der Waals surface area contributed by atoms with E-state index in [-0.39, 0.29) is 13.0 Å². The maximum Gasteiger partial charge on any atom is 0.389 e. The summed E-state index contributed by atoms with van der Waals surface area (Å²) in [6.45, 7) is -0.0446. The normalized spacial score (nSPS) is 11.6. The number of alkyl halides is 3. The number of pyridine rings is 1. The van der Waals surface area contributed by atoms with Crippen molar-refractivity contribution in [1.29, 1.82) is 0 Å². The molecular weight excluding hydrogens is 283 g/mol. The van der Waals surface area contributed by atoms with E-state index in [1.807, 2.05) is 0 Å². The molecule has 1 amide bonds. The van der Waals surface area contributed by atoms with Crippen LogP contribution in [0.4, 0.5) is 19.0 Å². The van der Waals surface area contributed by atoms with Gasteiger partial charge >= 0.3 is 6.18 Å². The lowest BCUT2D eigenvalue weighted by Gasteiger charge is -2.10. The maximum absolute atomic E-state index is 12.0. The van der Waals surface area contributed by atoms with Gasteiger partial charge in [0.05, 0.1) is 5.56 Å². The summed E-state index contributed by atoms with van der Waals surface area (Å²) < 4.78 is 36.1. The number of hydrogen-bond acceptors (Lipinski definition) is 3. The van der Waals surface area contributed by atoms with Crippen LogP contribution in [0.3, 0.4) is 0 Å². The first-order valence-electron chi connectivity index (χ1n) is 6.36. The second kappa shape index (κ2) is 5.99. The predicted octanol–water partition coefficient (Wildman–Crippen LogP) is 2.89. The highest BCUT2D eigenvalue weighted by Crippen LogP contribution is 2.23. The SMILES string of the molecule is Nc1ncc(C(=O)NCCCC(F)(F)F)c2ccccc12. The van der Waals surface area contributed by atoms with Crippen LogP contribution >= 0.6 is 0 Å². The lowest BCUT2D eigenvalue weighted by molar-refractivity contribution is -0.135. The van der Waals surface area contributed by atoms with Crippen LogP contribution in [0, 0.1) is 0 Å². The number of benzene rings is 1. The summed E-state index contributed by atoms with van der Waals surface area (Å²) in [4.78, 5) is 16.0. The minimum absolute atomic E-state index is 0.0446. The van der Waals surface area contributed by atoms with E-state index in [4.69, 9.17) is 5.73 Å². The molecule has 0 aliphatic rings. The summed E-state index contributed by atoms with van der Waals surface area (Å²) >= 11 is 0. The molecular formula is C14H14F3N3O. The predicted molar refractivity (Wildman–Crippen MR) is 73.8 cm³/mol. The number of nitrogens with two attached hydrogens (primary N) is 1. The highest BCUT2D eigenvalue weighted by atomic mass is 19.4. The lowest BCUT2D eigenvalue weighted by Crippen LogP contribution is -2.26. The molecule has 0 saturated heterocycles. The Balaban J connectivity index is 2.08. The fraction of sp³-hybridized carbons (Fsp3) is 0.286. The van der Waals surface area contributed by atoms with Crippen LogP contribution in [0.2, 0.25) is 0 Å². The molecule has 1 aromatic carbocycles. The van der Waals surface area contributed by atoms with Crippen molar-refractivity contribution in [2.45, 2.75) is 19.0 Å². The Morgan fingerprint density at radius 3 is 2.57 bits per heavy atom. The van der Waals surface area contributed by atoms with Gasteiger partial charge in [0.1, 0.15) is 5.82 Å². The molecule has 0 saturated carbocycles. The molecule has 0 bridgehead atoms. The summed E-state index contributed by atoms with van der Waals surface area (Å²) in [6.07, 6.45) is -3.96.